The van der Waals surface area contributed by atoms with Crippen molar-refractivity contribution in [1.29, 1.82) is 0 Å². The van der Waals surface area contributed by atoms with Crippen molar-refractivity contribution in [2.75, 3.05) is 19.0 Å². The first kappa shape index (κ1) is 16.8. The minimum absolute atomic E-state index is 1.14. The third kappa shape index (κ3) is 3.25. The molecule has 1 aliphatic rings. The lowest BCUT2D eigenvalue weighted by molar-refractivity contribution is 1.01. The predicted molar refractivity (Wildman–Crippen MR) is 99.9 cm³/mol. The van der Waals surface area contributed by atoms with Crippen molar-refractivity contribution in [3.05, 3.63) is 34.1 Å². The Balaban J connectivity index is 0.000000847. The van der Waals surface area contributed by atoms with Crippen LogP contribution in [0.1, 0.15) is 40.5 Å². The van der Waals surface area contributed by atoms with Gasteiger partial charge in [-0.25, -0.2) is 4.98 Å². The molecule has 3 rings (SSSR count). The maximum Gasteiger partial charge on any atom is 0.124 e. The maximum atomic E-state index is 4.87. The summed E-state index contributed by atoms with van der Waals surface area (Å²) in [5.74, 6) is 0. The van der Waals surface area contributed by atoms with E-state index in [1.165, 1.54) is 38.7 Å². The molecule has 1 aliphatic carbocycles. The van der Waals surface area contributed by atoms with Crippen molar-refractivity contribution in [1.82, 2.24) is 4.98 Å². The molecule has 0 amide bonds. The fraction of sp³-hybridized carbons (Fsp3) is 0.421. The number of thiazole rings is 1. The molecule has 0 N–H and O–H groups in total. The second kappa shape index (κ2) is 7.10. The lowest BCUT2D eigenvalue weighted by Crippen LogP contribution is -2.28. The zero-order valence-electron chi connectivity index (χ0n) is 14.5. The Bertz CT molecular complexity index is 712. The number of rotatable bonds is 2. The van der Waals surface area contributed by atoms with E-state index >= 15 is 0 Å². The first-order valence-electron chi connectivity index (χ1n) is 8.00. The zero-order valence-corrected chi connectivity index (χ0v) is 15.3. The van der Waals surface area contributed by atoms with E-state index in [1.807, 2.05) is 25.2 Å². The molecule has 0 aliphatic heterocycles. The lowest BCUT2D eigenvalue weighted by atomic mass is 10.0. The Morgan fingerprint density at radius 1 is 0.955 bits per heavy atom. The van der Waals surface area contributed by atoms with Gasteiger partial charge >= 0.3 is 0 Å². The molecular weight excluding hydrogens is 288 g/mol. The summed E-state index contributed by atoms with van der Waals surface area (Å²) in [6.45, 7) is 8.45. The minimum Gasteiger partial charge on any atom is -0.378 e. The average molecular weight is 314 g/mol. The van der Waals surface area contributed by atoms with E-state index in [-0.39, 0.29) is 0 Å². The summed E-state index contributed by atoms with van der Waals surface area (Å²) in [7, 11) is 4.13. The summed E-state index contributed by atoms with van der Waals surface area (Å²) in [4.78, 5) is 6.99. The fourth-order valence-electron chi connectivity index (χ4n) is 2.53. The summed E-state index contributed by atoms with van der Waals surface area (Å²) in [6, 6.07) is 8.65. The van der Waals surface area contributed by atoms with Gasteiger partial charge in [-0.3, -0.25) is 0 Å². The number of anilines is 1. The van der Waals surface area contributed by atoms with Crippen molar-refractivity contribution < 1.29 is 0 Å². The molecule has 3 heteroatoms. The Labute approximate surface area is 137 Å². The molecule has 22 heavy (non-hydrogen) atoms. The number of nitrogens with zero attached hydrogens (tertiary/aromatic N) is 2. The van der Waals surface area contributed by atoms with Gasteiger partial charge in [0.25, 0.3) is 0 Å². The number of hydrogen-bond donors (Lipinski definition) is 0. The molecule has 0 fully saturated rings. The SMILES string of the molecule is CC.CC1=c2nc(-c3ccc(N(C)C)cc3)sc2=C(C)CC1. The lowest BCUT2D eigenvalue weighted by Gasteiger charge is -2.11. The molecule has 0 saturated heterocycles. The smallest absolute Gasteiger partial charge is 0.124 e. The zero-order chi connectivity index (χ0) is 16.3. The van der Waals surface area contributed by atoms with Crippen LogP contribution in [0.4, 0.5) is 5.69 Å². The van der Waals surface area contributed by atoms with Gasteiger partial charge in [-0.15, -0.1) is 11.3 Å². The molecule has 0 unspecified atom stereocenters. The number of aromatic nitrogens is 1. The summed E-state index contributed by atoms with van der Waals surface area (Å²) in [6.07, 6.45) is 2.33. The molecule has 0 saturated carbocycles. The second-order valence-electron chi connectivity index (χ2n) is 5.70. The van der Waals surface area contributed by atoms with Gasteiger partial charge < -0.3 is 4.90 Å². The highest BCUT2D eigenvalue weighted by atomic mass is 32.1. The van der Waals surface area contributed by atoms with Crippen LogP contribution in [-0.2, 0) is 0 Å². The topological polar surface area (TPSA) is 16.1 Å². The van der Waals surface area contributed by atoms with Gasteiger partial charge in [-0.05, 0) is 56.5 Å². The molecule has 1 aromatic heterocycles. The van der Waals surface area contributed by atoms with Crippen LogP contribution in [0.2, 0.25) is 0 Å². The van der Waals surface area contributed by atoms with Gasteiger partial charge in [0, 0.05) is 25.3 Å². The highest BCUT2D eigenvalue weighted by Crippen LogP contribution is 2.23. The number of fused-ring (bicyclic) bond motifs is 1. The van der Waals surface area contributed by atoms with Gasteiger partial charge in [-0.1, -0.05) is 19.4 Å². The molecule has 0 spiro atoms. The van der Waals surface area contributed by atoms with E-state index in [0.717, 1.165) is 11.4 Å². The molecule has 0 radical (unpaired) electrons. The Morgan fingerprint density at radius 3 is 2.09 bits per heavy atom. The largest absolute Gasteiger partial charge is 0.378 e. The Hall–Kier alpha value is -1.61. The molecule has 1 aromatic carbocycles. The van der Waals surface area contributed by atoms with Crippen LogP contribution >= 0.6 is 11.3 Å². The monoisotopic (exact) mass is 314 g/mol. The summed E-state index contributed by atoms with van der Waals surface area (Å²) in [5, 5.41) is 2.37. The maximum absolute atomic E-state index is 4.87. The van der Waals surface area contributed by atoms with Crippen LogP contribution in [0.15, 0.2) is 24.3 Å². The molecule has 0 bridgehead atoms. The molecule has 1 heterocycles. The minimum atomic E-state index is 1.14. The van der Waals surface area contributed by atoms with Crippen LogP contribution < -0.4 is 14.8 Å². The van der Waals surface area contributed by atoms with Crippen molar-refractivity contribution in [3.63, 3.8) is 0 Å². The van der Waals surface area contributed by atoms with E-state index < -0.39 is 0 Å². The average Bonchev–Trinajstić information content (AvgIpc) is 3.00. The van der Waals surface area contributed by atoms with Gasteiger partial charge in [0.1, 0.15) is 5.01 Å². The van der Waals surface area contributed by atoms with Gasteiger partial charge in [0.15, 0.2) is 0 Å². The van der Waals surface area contributed by atoms with Crippen LogP contribution in [0.5, 0.6) is 0 Å². The number of benzene rings is 1. The van der Waals surface area contributed by atoms with E-state index in [0.29, 0.717) is 0 Å². The van der Waals surface area contributed by atoms with Gasteiger partial charge in [-0.2, -0.15) is 0 Å². The quantitative estimate of drug-likeness (QED) is 0.832. The van der Waals surface area contributed by atoms with Crippen molar-refractivity contribution >= 4 is 28.2 Å². The fourth-order valence-corrected chi connectivity index (χ4v) is 3.71. The molecule has 0 atom stereocenters. The van der Waals surface area contributed by atoms with Crippen molar-refractivity contribution in [2.45, 2.75) is 40.5 Å². The van der Waals surface area contributed by atoms with Crippen molar-refractivity contribution in [3.8, 4) is 10.6 Å². The molecule has 118 valence electrons. The normalized spacial score (nSPS) is 13.4. The summed E-state index contributed by atoms with van der Waals surface area (Å²) < 4.78 is 1.39. The Morgan fingerprint density at radius 2 is 1.55 bits per heavy atom. The summed E-state index contributed by atoms with van der Waals surface area (Å²) >= 11 is 1.83. The van der Waals surface area contributed by atoms with E-state index in [1.54, 1.807) is 0 Å². The third-order valence-electron chi connectivity index (χ3n) is 3.92. The number of hydrogen-bond acceptors (Lipinski definition) is 3. The van der Waals surface area contributed by atoms with E-state index in [4.69, 9.17) is 4.98 Å². The van der Waals surface area contributed by atoms with Gasteiger partial charge in [0.2, 0.25) is 0 Å². The highest BCUT2D eigenvalue weighted by molar-refractivity contribution is 7.13. The Kier molecular flexibility index (Phi) is 5.41. The second-order valence-corrected chi connectivity index (χ2v) is 6.70. The highest BCUT2D eigenvalue weighted by Gasteiger charge is 2.11. The van der Waals surface area contributed by atoms with Crippen LogP contribution in [0.3, 0.4) is 0 Å². The van der Waals surface area contributed by atoms with Gasteiger partial charge in [0.05, 0.1) is 9.88 Å². The van der Waals surface area contributed by atoms with E-state index in [9.17, 15) is 0 Å². The standard InChI is InChI=1S/C17H20N2S.C2H6/c1-11-5-6-12(2)16-15(11)18-17(20-16)13-7-9-14(10-8-13)19(3)4;1-2/h7-10H,5-6H2,1-4H3;1-2H3. The van der Waals surface area contributed by atoms with E-state index in [2.05, 4.69) is 57.1 Å². The van der Waals surface area contributed by atoms with Crippen LogP contribution in [0, 0.1) is 0 Å². The van der Waals surface area contributed by atoms with Crippen LogP contribution in [0.25, 0.3) is 21.7 Å². The predicted octanol–water partition coefficient (Wildman–Crippen LogP) is 4.04. The van der Waals surface area contributed by atoms with Crippen molar-refractivity contribution in [2.24, 2.45) is 0 Å². The first-order valence-corrected chi connectivity index (χ1v) is 8.82. The molecule has 2 aromatic rings. The molecule has 2 nitrogen and oxygen atoms in total. The summed E-state index contributed by atoms with van der Waals surface area (Å²) in [5.41, 5.74) is 5.36. The third-order valence-corrected chi connectivity index (χ3v) is 5.19. The molecular formula is C19H26N2S. The van der Waals surface area contributed by atoms with Crippen LogP contribution in [-0.4, -0.2) is 19.1 Å². The first-order chi connectivity index (χ1) is 10.6.